The monoisotopic (exact) mass is 300 g/mol. The molecule has 2 N–H and O–H groups in total. The summed E-state index contributed by atoms with van der Waals surface area (Å²) in [5.41, 5.74) is 1.31. The third-order valence-corrected chi connectivity index (χ3v) is 4.49. The topological polar surface area (TPSA) is 58.2 Å². The summed E-state index contributed by atoms with van der Waals surface area (Å²) in [5.74, 6) is 0.282. The molecule has 1 fully saturated rings. The number of amides is 2. The molecule has 21 heavy (non-hydrogen) atoms. The lowest BCUT2D eigenvalue weighted by Crippen LogP contribution is -2.26. The number of anilines is 1. The van der Waals surface area contributed by atoms with Gasteiger partial charge in [0.25, 0.3) is 5.91 Å². The van der Waals surface area contributed by atoms with Crippen LogP contribution in [0.5, 0.6) is 0 Å². The first-order valence-corrected chi connectivity index (χ1v) is 7.73. The highest BCUT2D eigenvalue weighted by Crippen LogP contribution is 2.42. The summed E-state index contributed by atoms with van der Waals surface area (Å²) in [6.45, 7) is 1.46. The fourth-order valence-corrected chi connectivity index (χ4v) is 3.24. The van der Waals surface area contributed by atoms with Gasteiger partial charge in [-0.2, -0.15) is 0 Å². The molecule has 0 aliphatic heterocycles. The number of carbonyl (C=O) groups is 2. The van der Waals surface area contributed by atoms with Crippen molar-refractivity contribution in [2.75, 3.05) is 5.32 Å². The lowest BCUT2D eigenvalue weighted by Gasteiger charge is -2.06. The van der Waals surface area contributed by atoms with E-state index in [1.807, 2.05) is 6.07 Å². The molecule has 1 aliphatic carbocycles. The van der Waals surface area contributed by atoms with Crippen LogP contribution in [0.2, 0.25) is 0 Å². The number of thiophene rings is 1. The quantitative estimate of drug-likeness (QED) is 0.912. The van der Waals surface area contributed by atoms with E-state index in [1.54, 1.807) is 35.6 Å². The van der Waals surface area contributed by atoms with Gasteiger partial charge in [0.15, 0.2) is 0 Å². The van der Waals surface area contributed by atoms with Gasteiger partial charge in [-0.3, -0.25) is 9.59 Å². The first kappa shape index (κ1) is 13.8. The molecule has 0 saturated heterocycles. The van der Waals surface area contributed by atoms with E-state index in [9.17, 15) is 9.59 Å². The molecule has 4 nitrogen and oxygen atoms in total. The summed E-state index contributed by atoms with van der Waals surface area (Å²) >= 11 is 1.74. The van der Waals surface area contributed by atoms with E-state index in [4.69, 9.17) is 0 Å². The van der Waals surface area contributed by atoms with Gasteiger partial charge in [-0.15, -0.1) is 11.3 Å². The van der Waals surface area contributed by atoms with Gasteiger partial charge in [-0.05, 0) is 42.1 Å². The van der Waals surface area contributed by atoms with E-state index in [2.05, 4.69) is 22.1 Å². The lowest BCUT2D eigenvalue weighted by molar-refractivity contribution is -0.114. The molecule has 1 saturated carbocycles. The molecule has 1 aromatic heterocycles. The second-order valence-corrected chi connectivity index (χ2v) is 6.18. The van der Waals surface area contributed by atoms with Gasteiger partial charge in [0.2, 0.25) is 5.91 Å². The minimum absolute atomic E-state index is 0.0616. The van der Waals surface area contributed by atoms with Gasteiger partial charge in [-0.1, -0.05) is 6.07 Å². The first-order chi connectivity index (χ1) is 10.1. The Kier molecular flexibility index (Phi) is 3.75. The van der Waals surface area contributed by atoms with Crippen molar-refractivity contribution in [2.45, 2.75) is 25.3 Å². The van der Waals surface area contributed by atoms with Crippen LogP contribution in [0.15, 0.2) is 41.8 Å². The van der Waals surface area contributed by atoms with Crippen molar-refractivity contribution < 1.29 is 9.59 Å². The van der Waals surface area contributed by atoms with Gasteiger partial charge in [0, 0.05) is 35.0 Å². The number of hydrogen-bond donors (Lipinski definition) is 2. The van der Waals surface area contributed by atoms with Crippen molar-refractivity contribution in [1.82, 2.24) is 5.32 Å². The third-order valence-electron chi connectivity index (χ3n) is 3.48. The maximum atomic E-state index is 12.1. The standard InChI is InChI=1S/C16H16N2O2S/c1-10(19)17-12-6-4-11(5-7-12)16(20)18-14-9-13(14)15-3-2-8-21-15/h2-8,13-14H,9H2,1H3,(H,17,19)(H,18,20). The number of benzene rings is 1. The largest absolute Gasteiger partial charge is 0.349 e. The zero-order valence-electron chi connectivity index (χ0n) is 11.6. The van der Waals surface area contributed by atoms with E-state index in [0.29, 0.717) is 17.2 Å². The SMILES string of the molecule is CC(=O)Nc1ccc(C(=O)NC2CC2c2cccs2)cc1. The summed E-state index contributed by atoms with van der Waals surface area (Å²) in [6, 6.07) is 11.3. The first-order valence-electron chi connectivity index (χ1n) is 6.85. The Bertz CT molecular complexity index is 649. The molecule has 1 aromatic carbocycles. The number of carbonyl (C=O) groups excluding carboxylic acids is 2. The van der Waals surface area contributed by atoms with Gasteiger partial charge >= 0.3 is 0 Å². The van der Waals surface area contributed by atoms with Crippen LogP contribution in [0, 0.1) is 0 Å². The molecular formula is C16H16N2O2S. The highest BCUT2D eigenvalue weighted by Gasteiger charge is 2.40. The van der Waals surface area contributed by atoms with Crippen molar-refractivity contribution >= 4 is 28.8 Å². The molecule has 108 valence electrons. The molecule has 0 bridgehead atoms. The predicted molar refractivity (Wildman–Crippen MR) is 83.7 cm³/mol. The fourth-order valence-electron chi connectivity index (χ4n) is 2.33. The molecule has 2 amide bonds. The summed E-state index contributed by atoms with van der Waals surface area (Å²) in [7, 11) is 0. The van der Waals surface area contributed by atoms with Crippen LogP contribution < -0.4 is 10.6 Å². The zero-order valence-corrected chi connectivity index (χ0v) is 12.4. The van der Waals surface area contributed by atoms with Crippen LogP contribution in [0.25, 0.3) is 0 Å². The van der Waals surface area contributed by atoms with Gasteiger partial charge in [-0.25, -0.2) is 0 Å². The Labute approximate surface area is 127 Å². The van der Waals surface area contributed by atoms with Crippen molar-refractivity contribution in [2.24, 2.45) is 0 Å². The van der Waals surface area contributed by atoms with Crippen LogP contribution in [0.4, 0.5) is 5.69 Å². The number of nitrogens with one attached hydrogen (secondary N) is 2. The second kappa shape index (κ2) is 5.69. The molecular weight excluding hydrogens is 284 g/mol. The molecule has 5 heteroatoms. The molecule has 2 aromatic rings. The van der Waals surface area contributed by atoms with Gasteiger partial charge in [0.05, 0.1) is 0 Å². The van der Waals surface area contributed by atoms with Gasteiger partial charge < -0.3 is 10.6 Å². The molecule has 2 atom stereocenters. The average molecular weight is 300 g/mol. The van der Waals surface area contributed by atoms with Crippen LogP contribution in [0.3, 0.4) is 0 Å². The van der Waals surface area contributed by atoms with Crippen LogP contribution >= 0.6 is 11.3 Å². The van der Waals surface area contributed by atoms with E-state index in [-0.39, 0.29) is 17.9 Å². The highest BCUT2D eigenvalue weighted by molar-refractivity contribution is 7.10. The van der Waals surface area contributed by atoms with Crippen LogP contribution in [0.1, 0.15) is 34.5 Å². The Morgan fingerprint density at radius 1 is 1.19 bits per heavy atom. The summed E-state index contributed by atoms with van der Waals surface area (Å²) < 4.78 is 0. The minimum atomic E-state index is -0.121. The molecule has 2 unspecified atom stereocenters. The highest BCUT2D eigenvalue weighted by atomic mass is 32.1. The Hall–Kier alpha value is -2.14. The Morgan fingerprint density at radius 2 is 1.95 bits per heavy atom. The van der Waals surface area contributed by atoms with Crippen LogP contribution in [-0.2, 0) is 4.79 Å². The van der Waals surface area contributed by atoms with Crippen molar-refractivity contribution in [1.29, 1.82) is 0 Å². The van der Waals surface area contributed by atoms with E-state index >= 15 is 0 Å². The number of rotatable bonds is 4. The Balaban J connectivity index is 1.58. The predicted octanol–water partition coefficient (Wildman–Crippen LogP) is 2.99. The number of hydrogen-bond acceptors (Lipinski definition) is 3. The molecule has 3 rings (SSSR count). The van der Waals surface area contributed by atoms with Crippen molar-refractivity contribution in [3.8, 4) is 0 Å². The van der Waals surface area contributed by atoms with Crippen molar-refractivity contribution in [3.05, 3.63) is 52.2 Å². The van der Waals surface area contributed by atoms with Gasteiger partial charge in [0.1, 0.15) is 0 Å². The average Bonchev–Trinajstić information content (AvgIpc) is 3.00. The summed E-state index contributed by atoms with van der Waals surface area (Å²) in [6.07, 6.45) is 1.01. The minimum Gasteiger partial charge on any atom is -0.349 e. The van der Waals surface area contributed by atoms with E-state index in [0.717, 1.165) is 6.42 Å². The van der Waals surface area contributed by atoms with E-state index < -0.39 is 0 Å². The zero-order chi connectivity index (χ0) is 14.8. The summed E-state index contributed by atoms with van der Waals surface area (Å²) in [5, 5.41) is 7.79. The molecule has 0 spiro atoms. The van der Waals surface area contributed by atoms with E-state index in [1.165, 1.54) is 11.8 Å². The molecule has 1 heterocycles. The maximum absolute atomic E-state index is 12.1. The maximum Gasteiger partial charge on any atom is 0.251 e. The Morgan fingerprint density at radius 3 is 2.57 bits per heavy atom. The van der Waals surface area contributed by atoms with Crippen LogP contribution in [-0.4, -0.2) is 17.9 Å². The normalized spacial score (nSPS) is 19.9. The lowest BCUT2D eigenvalue weighted by atomic mass is 10.2. The molecule has 0 radical (unpaired) electrons. The third kappa shape index (κ3) is 3.31. The summed E-state index contributed by atoms with van der Waals surface area (Å²) in [4.78, 5) is 24.4. The fraction of sp³-hybridized carbons (Fsp3) is 0.250. The van der Waals surface area contributed by atoms with Crippen molar-refractivity contribution in [3.63, 3.8) is 0 Å². The molecule has 1 aliphatic rings. The second-order valence-electron chi connectivity index (χ2n) is 5.20. The smallest absolute Gasteiger partial charge is 0.251 e.